The largest absolute Gasteiger partial charge is 0.395 e. The van der Waals surface area contributed by atoms with Crippen LogP contribution in [-0.4, -0.2) is 42.3 Å². The number of aryl methyl sites for hydroxylation is 2. The molecule has 0 bridgehead atoms. The summed E-state index contributed by atoms with van der Waals surface area (Å²) in [5.74, 6) is 0. The van der Waals surface area contributed by atoms with Crippen LogP contribution in [0.25, 0.3) is 0 Å². The fourth-order valence-corrected chi connectivity index (χ4v) is 3.30. The van der Waals surface area contributed by atoms with Gasteiger partial charge in [-0.2, -0.15) is 0 Å². The van der Waals surface area contributed by atoms with Crippen LogP contribution < -0.4 is 5.32 Å². The van der Waals surface area contributed by atoms with Gasteiger partial charge in [-0.3, -0.25) is 4.90 Å². The predicted molar refractivity (Wildman–Crippen MR) is 88.5 cm³/mol. The number of hydrogen-bond acceptors (Lipinski definition) is 3. The van der Waals surface area contributed by atoms with Gasteiger partial charge in [-0.1, -0.05) is 18.2 Å². The van der Waals surface area contributed by atoms with E-state index in [1.165, 1.54) is 48.9 Å². The molecular weight excluding hydrogens is 260 g/mol. The number of aliphatic hydroxyl groups excluding tert-OH is 1. The van der Waals surface area contributed by atoms with E-state index in [1.807, 2.05) is 0 Å². The Hall–Kier alpha value is -0.900. The summed E-state index contributed by atoms with van der Waals surface area (Å²) in [6.45, 7) is 9.05. The molecule has 1 aliphatic rings. The topological polar surface area (TPSA) is 35.5 Å². The SMILES string of the molecule is Cc1cccc(C)c1CNCCCCN1CCCC1CO. The Balaban J connectivity index is 1.60. The molecule has 2 rings (SSSR count). The second-order valence-corrected chi connectivity index (χ2v) is 6.27. The van der Waals surface area contributed by atoms with Gasteiger partial charge in [0.2, 0.25) is 0 Å². The third-order valence-electron chi connectivity index (χ3n) is 4.70. The molecule has 1 aromatic carbocycles. The Labute approximate surface area is 129 Å². The van der Waals surface area contributed by atoms with Crippen LogP contribution in [0.1, 0.15) is 42.4 Å². The molecule has 3 nitrogen and oxygen atoms in total. The van der Waals surface area contributed by atoms with E-state index in [0.717, 1.165) is 19.6 Å². The molecule has 1 saturated heterocycles. The Morgan fingerprint density at radius 3 is 2.71 bits per heavy atom. The third kappa shape index (κ3) is 4.80. The molecule has 21 heavy (non-hydrogen) atoms. The van der Waals surface area contributed by atoms with Crippen LogP contribution in [0.3, 0.4) is 0 Å². The number of hydrogen-bond donors (Lipinski definition) is 2. The third-order valence-corrected chi connectivity index (χ3v) is 4.70. The van der Waals surface area contributed by atoms with E-state index in [9.17, 15) is 5.11 Å². The maximum absolute atomic E-state index is 9.30. The number of nitrogens with zero attached hydrogens (tertiary/aromatic N) is 1. The first-order chi connectivity index (χ1) is 10.2. The standard InChI is InChI=1S/C18H30N2O/c1-15-7-5-8-16(2)18(15)13-19-10-3-4-11-20-12-6-9-17(20)14-21/h5,7-8,17,19,21H,3-4,6,9-14H2,1-2H3. The second kappa shape index (κ2) is 8.52. The molecule has 0 spiro atoms. The predicted octanol–water partition coefficient (Wildman–Crippen LogP) is 2.63. The van der Waals surface area contributed by atoms with E-state index in [1.54, 1.807) is 0 Å². The molecule has 2 N–H and O–H groups in total. The molecule has 0 radical (unpaired) electrons. The molecule has 1 atom stereocenters. The molecule has 1 heterocycles. The van der Waals surface area contributed by atoms with Gasteiger partial charge in [0.25, 0.3) is 0 Å². The fourth-order valence-electron chi connectivity index (χ4n) is 3.30. The summed E-state index contributed by atoms with van der Waals surface area (Å²) in [5.41, 5.74) is 4.20. The van der Waals surface area contributed by atoms with Gasteiger partial charge in [-0.25, -0.2) is 0 Å². The normalized spacial score (nSPS) is 19.3. The van der Waals surface area contributed by atoms with Crippen molar-refractivity contribution in [3.63, 3.8) is 0 Å². The monoisotopic (exact) mass is 290 g/mol. The van der Waals surface area contributed by atoms with Gasteiger partial charge >= 0.3 is 0 Å². The number of aliphatic hydroxyl groups is 1. The lowest BCUT2D eigenvalue weighted by molar-refractivity contribution is 0.157. The van der Waals surface area contributed by atoms with Crippen molar-refractivity contribution in [1.29, 1.82) is 0 Å². The van der Waals surface area contributed by atoms with Crippen LogP contribution in [0.4, 0.5) is 0 Å². The molecule has 0 saturated carbocycles. The highest BCUT2D eigenvalue weighted by Gasteiger charge is 2.22. The average Bonchev–Trinajstić information content (AvgIpc) is 2.92. The van der Waals surface area contributed by atoms with Crippen molar-refractivity contribution in [2.75, 3.05) is 26.2 Å². The zero-order chi connectivity index (χ0) is 15.1. The highest BCUT2D eigenvalue weighted by Crippen LogP contribution is 2.17. The lowest BCUT2D eigenvalue weighted by atomic mass is 10.0. The molecule has 1 aromatic rings. The van der Waals surface area contributed by atoms with Crippen molar-refractivity contribution in [2.24, 2.45) is 0 Å². The molecule has 1 fully saturated rings. The lowest BCUT2D eigenvalue weighted by Gasteiger charge is -2.22. The van der Waals surface area contributed by atoms with Gasteiger partial charge in [-0.05, 0) is 75.9 Å². The van der Waals surface area contributed by atoms with Gasteiger partial charge in [0.1, 0.15) is 0 Å². The Morgan fingerprint density at radius 2 is 2.00 bits per heavy atom. The highest BCUT2D eigenvalue weighted by atomic mass is 16.3. The molecule has 0 aliphatic carbocycles. The van der Waals surface area contributed by atoms with Gasteiger partial charge in [0.15, 0.2) is 0 Å². The number of benzene rings is 1. The second-order valence-electron chi connectivity index (χ2n) is 6.27. The molecular formula is C18H30N2O. The van der Waals surface area contributed by atoms with Gasteiger partial charge in [0, 0.05) is 12.6 Å². The summed E-state index contributed by atoms with van der Waals surface area (Å²) in [5, 5.41) is 12.9. The minimum atomic E-state index is 0.324. The number of rotatable bonds is 8. The Bertz CT molecular complexity index is 413. The first kappa shape index (κ1) is 16.5. The van der Waals surface area contributed by atoms with Crippen LogP contribution in [0.2, 0.25) is 0 Å². The minimum Gasteiger partial charge on any atom is -0.395 e. The van der Waals surface area contributed by atoms with Crippen LogP contribution in [0.15, 0.2) is 18.2 Å². The molecule has 1 unspecified atom stereocenters. The van der Waals surface area contributed by atoms with E-state index in [0.29, 0.717) is 12.6 Å². The van der Waals surface area contributed by atoms with Crippen LogP contribution in [0.5, 0.6) is 0 Å². The maximum atomic E-state index is 9.30. The van der Waals surface area contributed by atoms with E-state index in [4.69, 9.17) is 0 Å². The van der Waals surface area contributed by atoms with E-state index >= 15 is 0 Å². The summed E-state index contributed by atoms with van der Waals surface area (Å²) < 4.78 is 0. The Morgan fingerprint density at radius 1 is 1.24 bits per heavy atom. The minimum absolute atomic E-state index is 0.324. The average molecular weight is 290 g/mol. The van der Waals surface area contributed by atoms with E-state index in [2.05, 4.69) is 42.3 Å². The number of likely N-dealkylation sites (tertiary alicyclic amines) is 1. The summed E-state index contributed by atoms with van der Waals surface area (Å²) in [4.78, 5) is 2.45. The molecule has 118 valence electrons. The number of unbranched alkanes of at least 4 members (excludes halogenated alkanes) is 1. The smallest absolute Gasteiger partial charge is 0.0586 e. The van der Waals surface area contributed by atoms with Gasteiger partial charge in [0.05, 0.1) is 6.61 Å². The molecule has 1 aliphatic heterocycles. The maximum Gasteiger partial charge on any atom is 0.0586 e. The summed E-state index contributed by atoms with van der Waals surface area (Å²) >= 11 is 0. The van der Waals surface area contributed by atoms with Gasteiger partial charge < -0.3 is 10.4 Å². The van der Waals surface area contributed by atoms with Crippen molar-refractivity contribution in [1.82, 2.24) is 10.2 Å². The molecule has 0 aromatic heterocycles. The number of nitrogens with one attached hydrogen (secondary N) is 1. The first-order valence-electron chi connectivity index (χ1n) is 8.33. The van der Waals surface area contributed by atoms with Crippen molar-refractivity contribution in [3.8, 4) is 0 Å². The van der Waals surface area contributed by atoms with E-state index in [-0.39, 0.29) is 0 Å². The van der Waals surface area contributed by atoms with Gasteiger partial charge in [-0.15, -0.1) is 0 Å². The van der Waals surface area contributed by atoms with Crippen molar-refractivity contribution >= 4 is 0 Å². The van der Waals surface area contributed by atoms with Crippen molar-refractivity contribution in [2.45, 2.75) is 52.1 Å². The van der Waals surface area contributed by atoms with Crippen LogP contribution in [0, 0.1) is 13.8 Å². The zero-order valence-electron chi connectivity index (χ0n) is 13.6. The molecule has 0 amide bonds. The van der Waals surface area contributed by atoms with Crippen LogP contribution in [-0.2, 0) is 6.54 Å². The quantitative estimate of drug-likeness (QED) is 0.723. The summed E-state index contributed by atoms with van der Waals surface area (Å²) in [6, 6.07) is 6.92. The van der Waals surface area contributed by atoms with Crippen molar-refractivity contribution < 1.29 is 5.11 Å². The first-order valence-corrected chi connectivity index (χ1v) is 8.33. The summed E-state index contributed by atoms with van der Waals surface area (Å²) in [6.07, 6.45) is 4.84. The molecule has 3 heteroatoms. The lowest BCUT2D eigenvalue weighted by Crippen LogP contribution is -2.33. The Kier molecular flexibility index (Phi) is 6.68. The van der Waals surface area contributed by atoms with Crippen LogP contribution >= 0.6 is 0 Å². The van der Waals surface area contributed by atoms with Crippen molar-refractivity contribution in [3.05, 3.63) is 34.9 Å². The highest BCUT2D eigenvalue weighted by molar-refractivity contribution is 5.33. The zero-order valence-corrected chi connectivity index (χ0v) is 13.6. The van der Waals surface area contributed by atoms with E-state index < -0.39 is 0 Å². The fraction of sp³-hybridized carbons (Fsp3) is 0.667. The summed E-state index contributed by atoms with van der Waals surface area (Å²) in [7, 11) is 0.